The molecule has 98 valence electrons. The largest absolute Gasteiger partial charge is 0.453 e. The molecule has 3 nitrogen and oxygen atoms in total. The predicted octanol–water partition coefficient (Wildman–Crippen LogP) is 3.14. The minimum atomic E-state index is -0.747. The van der Waals surface area contributed by atoms with Gasteiger partial charge in [0.05, 0.1) is 7.11 Å². The third-order valence-corrected chi connectivity index (χ3v) is 4.18. The van der Waals surface area contributed by atoms with Gasteiger partial charge in [-0.1, -0.05) is 19.3 Å². The topological polar surface area (TPSA) is 29.5 Å². The summed E-state index contributed by atoms with van der Waals surface area (Å²) in [5.74, 6) is 0.474. The number of methoxy groups -OCH3 is 1. The Hall–Kier alpha value is -0.800. The lowest BCUT2D eigenvalue weighted by Gasteiger charge is -2.41. The number of amides is 1. The molecule has 0 bridgehead atoms. The first-order valence-corrected chi connectivity index (χ1v) is 6.71. The van der Waals surface area contributed by atoms with Crippen molar-refractivity contribution in [3.63, 3.8) is 0 Å². The molecule has 1 saturated carbocycles. The van der Waals surface area contributed by atoms with Gasteiger partial charge >= 0.3 is 6.09 Å². The lowest BCUT2D eigenvalue weighted by Crippen LogP contribution is -2.50. The summed E-state index contributed by atoms with van der Waals surface area (Å²) in [6, 6.07) is 0.0616. The van der Waals surface area contributed by atoms with Crippen molar-refractivity contribution >= 4 is 6.09 Å². The average molecular weight is 243 g/mol. The third kappa shape index (κ3) is 2.90. The number of nitrogens with zero attached hydrogens (tertiary/aromatic N) is 1. The molecule has 2 aliphatic rings. The molecule has 0 aromatic carbocycles. The predicted molar refractivity (Wildman–Crippen MR) is 63.6 cm³/mol. The van der Waals surface area contributed by atoms with Crippen LogP contribution in [0.1, 0.15) is 44.9 Å². The molecular formula is C13H22FNO2. The number of carbonyl (C=O) groups excluding carboxylic acids is 1. The Kier molecular flexibility index (Phi) is 4.24. The average Bonchev–Trinajstić information content (AvgIpc) is 2.39. The number of piperidine rings is 1. The number of ether oxygens (including phenoxy) is 1. The van der Waals surface area contributed by atoms with E-state index >= 15 is 0 Å². The number of hydrogen-bond acceptors (Lipinski definition) is 2. The quantitative estimate of drug-likeness (QED) is 0.708. The molecule has 0 radical (unpaired) electrons. The van der Waals surface area contributed by atoms with Crippen LogP contribution >= 0.6 is 0 Å². The SMILES string of the molecule is COC(=O)N1CC[C@H](F)C[C@@H]1C1CCCCC1. The molecule has 1 aliphatic heterocycles. The molecule has 1 heterocycles. The second-order valence-electron chi connectivity index (χ2n) is 5.25. The number of likely N-dealkylation sites (tertiary alicyclic amines) is 1. The van der Waals surface area contributed by atoms with Crippen LogP contribution < -0.4 is 0 Å². The minimum Gasteiger partial charge on any atom is -0.453 e. The Bertz CT molecular complexity index is 266. The highest BCUT2D eigenvalue weighted by molar-refractivity contribution is 5.68. The Morgan fingerprint density at radius 1 is 1.24 bits per heavy atom. The van der Waals surface area contributed by atoms with Crippen molar-refractivity contribution in [3.05, 3.63) is 0 Å². The molecule has 17 heavy (non-hydrogen) atoms. The summed E-state index contributed by atoms with van der Waals surface area (Å²) in [6.07, 6.45) is 5.89. The van der Waals surface area contributed by atoms with E-state index < -0.39 is 6.17 Å². The maximum Gasteiger partial charge on any atom is 0.409 e. The number of halogens is 1. The summed E-state index contributed by atoms with van der Waals surface area (Å²) in [6.45, 7) is 0.509. The second kappa shape index (κ2) is 5.69. The van der Waals surface area contributed by atoms with E-state index in [0.29, 0.717) is 25.3 Å². The van der Waals surface area contributed by atoms with E-state index in [1.807, 2.05) is 0 Å². The van der Waals surface area contributed by atoms with Gasteiger partial charge in [-0.2, -0.15) is 0 Å². The van der Waals surface area contributed by atoms with Gasteiger partial charge < -0.3 is 9.64 Å². The minimum absolute atomic E-state index is 0.0616. The number of rotatable bonds is 1. The highest BCUT2D eigenvalue weighted by Gasteiger charge is 2.37. The van der Waals surface area contributed by atoms with Crippen LogP contribution in [0.15, 0.2) is 0 Å². The van der Waals surface area contributed by atoms with E-state index in [0.717, 1.165) is 12.8 Å². The molecule has 4 heteroatoms. The maximum absolute atomic E-state index is 13.6. The Balaban J connectivity index is 2.04. The Morgan fingerprint density at radius 3 is 2.59 bits per heavy atom. The molecule has 2 rings (SSSR count). The van der Waals surface area contributed by atoms with Gasteiger partial charge in [-0.3, -0.25) is 0 Å². The van der Waals surface area contributed by atoms with E-state index in [2.05, 4.69) is 0 Å². The maximum atomic E-state index is 13.6. The van der Waals surface area contributed by atoms with Crippen molar-refractivity contribution in [2.45, 2.75) is 57.2 Å². The van der Waals surface area contributed by atoms with E-state index in [1.54, 1.807) is 4.90 Å². The fraction of sp³-hybridized carbons (Fsp3) is 0.923. The van der Waals surface area contributed by atoms with Gasteiger partial charge in [-0.15, -0.1) is 0 Å². The van der Waals surface area contributed by atoms with E-state index in [-0.39, 0.29) is 12.1 Å². The zero-order valence-corrected chi connectivity index (χ0v) is 10.5. The van der Waals surface area contributed by atoms with Crippen molar-refractivity contribution < 1.29 is 13.9 Å². The van der Waals surface area contributed by atoms with Gasteiger partial charge in [0, 0.05) is 12.6 Å². The van der Waals surface area contributed by atoms with Crippen LogP contribution in [-0.4, -0.2) is 36.9 Å². The van der Waals surface area contributed by atoms with Gasteiger partial charge in [0.2, 0.25) is 0 Å². The standard InChI is InChI=1S/C13H22FNO2/c1-17-13(16)15-8-7-11(14)9-12(15)10-5-3-2-4-6-10/h10-12H,2-9H2,1H3/t11-,12+/m0/s1. The summed E-state index contributed by atoms with van der Waals surface area (Å²) in [5, 5.41) is 0. The van der Waals surface area contributed by atoms with Crippen LogP contribution in [-0.2, 0) is 4.74 Å². The second-order valence-corrected chi connectivity index (χ2v) is 5.25. The molecule has 1 amide bonds. The summed E-state index contributed by atoms with van der Waals surface area (Å²) in [5.41, 5.74) is 0. The number of carbonyl (C=O) groups is 1. The molecule has 2 atom stereocenters. The van der Waals surface area contributed by atoms with Gasteiger partial charge in [0.15, 0.2) is 0 Å². The van der Waals surface area contributed by atoms with Crippen LogP contribution in [0.4, 0.5) is 9.18 Å². The highest BCUT2D eigenvalue weighted by Crippen LogP contribution is 2.34. The normalized spacial score (nSPS) is 31.3. The number of hydrogen-bond donors (Lipinski definition) is 0. The molecular weight excluding hydrogens is 221 g/mol. The van der Waals surface area contributed by atoms with Crippen molar-refractivity contribution in [1.82, 2.24) is 4.90 Å². The van der Waals surface area contributed by atoms with Gasteiger partial charge in [-0.25, -0.2) is 9.18 Å². The van der Waals surface area contributed by atoms with E-state index in [4.69, 9.17) is 4.74 Å². The molecule has 0 spiro atoms. The molecule has 0 aromatic heterocycles. The third-order valence-electron chi connectivity index (χ3n) is 4.18. The van der Waals surface area contributed by atoms with Crippen molar-refractivity contribution in [1.29, 1.82) is 0 Å². The number of alkyl halides is 1. The molecule has 1 aliphatic carbocycles. The summed E-state index contributed by atoms with van der Waals surface area (Å²) in [4.78, 5) is 13.5. The fourth-order valence-electron chi connectivity index (χ4n) is 3.26. The summed E-state index contributed by atoms with van der Waals surface area (Å²) in [7, 11) is 1.40. The van der Waals surface area contributed by atoms with Crippen molar-refractivity contribution in [3.8, 4) is 0 Å². The monoisotopic (exact) mass is 243 g/mol. The van der Waals surface area contributed by atoms with Crippen LogP contribution in [0.5, 0.6) is 0 Å². The van der Waals surface area contributed by atoms with Crippen molar-refractivity contribution in [2.24, 2.45) is 5.92 Å². The summed E-state index contributed by atoms with van der Waals surface area (Å²) >= 11 is 0. The van der Waals surface area contributed by atoms with Crippen LogP contribution in [0.2, 0.25) is 0 Å². The highest BCUT2D eigenvalue weighted by atomic mass is 19.1. The van der Waals surface area contributed by atoms with E-state index in [9.17, 15) is 9.18 Å². The zero-order chi connectivity index (χ0) is 12.3. The van der Waals surface area contributed by atoms with E-state index in [1.165, 1.54) is 26.4 Å². The molecule has 1 saturated heterocycles. The van der Waals surface area contributed by atoms with Crippen LogP contribution in [0.25, 0.3) is 0 Å². The lowest BCUT2D eigenvalue weighted by molar-refractivity contribution is 0.0356. The first-order valence-electron chi connectivity index (χ1n) is 6.71. The van der Waals surface area contributed by atoms with Gasteiger partial charge in [0.25, 0.3) is 0 Å². The fourth-order valence-corrected chi connectivity index (χ4v) is 3.26. The molecule has 0 aromatic rings. The van der Waals surface area contributed by atoms with Crippen LogP contribution in [0, 0.1) is 5.92 Å². The Morgan fingerprint density at radius 2 is 1.94 bits per heavy atom. The molecule has 2 fully saturated rings. The van der Waals surface area contributed by atoms with Gasteiger partial charge in [-0.05, 0) is 31.6 Å². The smallest absolute Gasteiger partial charge is 0.409 e. The zero-order valence-electron chi connectivity index (χ0n) is 10.5. The molecule has 0 unspecified atom stereocenters. The van der Waals surface area contributed by atoms with Crippen molar-refractivity contribution in [2.75, 3.05) is 13.7 Å². The molecule has 0 N–H and O–H groups in total. The van der Waals surface area contributed by atoms with Gasteiger partial charge in [0.1, 0.15) is 6.17 Å². The first-order chi connectivity index (χ1) is 8.22. The Labute approximate surface area is 102 Å². The van der Waals surface area contributed by atoms with Crippen LogP contribution in [0.3, 0.4) is 0 Å². The first kappa shape index (κ1) is 12.7. The summed E-state index contributed by atoms with van der Waals surface area (Å²) < 4.78 is 18.4. The lowest BCUT2D eigenvalue weighted by atomic mass is 9.79.